The molecule has 0 radical (unpaired) electrons. The highest BCUT2D eigenvalue weighted by molar-refractivity contribution is 8.26. The van der Waals surface area contributed by atoms with Crippen molar-refractivity contribution in [3.63, 3.8) is 0 Å². The van der Waals surface area contributed by atoms with Crippen LogP contribution in [-0.2, 0) is 9.53 Å². The number of rotatable bonds is 9. The van der Waals surface area contributed by atoms with Gasteiger partial charge in [-0.05, 0) is 44.4 Å². The van der Waals surface area contributed by atoms with Gasteiger partial charge in [-0.25, -0.2) is 4.98 Å². The molecule has 160 valence electrons. The SMILES string of the molecule is CCCNc1nc2c(C)cccn2c(=O)c1/C=C1/SC(=S)N(CCCOCC)C1=O. The summed E-state index contributed by atoms with van der Waals surface area (Å²) >= 11 is 6.61. The average molecular weight is 447 g/mol. The van der Waals surface area contributed by atoms with Crippen LogP contribution in [0.3, 0.4) is 0 Å². The van der Waals surface area contributed by atoms with Crippen LogP contribution in [-0.4, -0.2) is 50.8 Å². The number of amides is 1. The van der Waals surface area contributed by atoms with E-state index in [1.54, 1.807) is 17.2 Å². The van der Waals surface area contributed by atoms with Crippen molar-refractivity contribution in [3.05, 3.63) is 44.7 Å². The Hall–Kier alpha value is -2.23. The van der Waals surface area contributed by atoms with E-state index in [2.05, 4.69) is 10.3 Å². The third-order valence-corrected chi connectivity index (χ3v) is 6.03. The largest absolute Gasteiger partial charge is 0.382 e. The highest BCUT2D eigenvalue weighted by atomic mass is 32.2. The predicted molar refractivity (Wildman–Crippen MR) is 126 cm³/mol. The van der Waals surface area contributed by atoms with E-state index in [1.807, 2.05) is 32.9 Å². The van der Waals surface area contributed by atoms with Crippen LogP contribution < -0.4 is 10.9 Å². The van der Waals surface area contributed by atoms with Crippen molar-refractivity contribution in [2.24, 2.45) is 0 Å². The monoisotopic (exact) mass is 446 g/mol. The van der Waals surface area contributed by atoms with Crippen LogP contribution in [0.2, 0.25) is 0 Å². The molecule has 1 saturated heterocycles. The number of aromatic nitrogens is 2. The van der Waals surface area contributed by atoms with Crippen molar-refractivity contribution in [2.75, 3.05) is 31.6 Å². The molecule has 0 unspecified atom stereocenters. The lowest BCUT2D eigenvalue weighted by molar-refractivity contribution is -0.122. The topological polar surface area (TPSA) is 75.9 Å². The third kappa shape index (κ3) is 4.74. The molecular weight excluding hydrogens is 420 g/mol. The fourth-order valence-electron chi connectivity index (χ4n) is 3.11. The first-order valence-electron chi connectivity index (χ1n) is 10.1. The van der Waals surface area contributed by atoms with Crippen molar-refractivity contribution in [1.29, 1.82) is 0 Å². The number of fused-ring (bicyclic) bond motifs is 1. The van der Waals surface area contributed by atoms with E-state index in [9.17, 15) is 9.59 Å². The van der Waals surface area contributed by atoms with Crippen LogP contribution in [0.15, 0.2) is 28.0 Å². The number of carbonyl (C=O) groups excluding carboxylic acids is 1. The quantitative estimate of drug-likeness (QED) is 0.359. The van der Waals surface area contributed by atoms with Crippen LogP contribution in [0.25, 0.3) is 11.7 Å². The molecule has 1 N–H and O–H groups in total. The number of thiocarbonyl (C=S) groups is 1. The minimum absolute atomic E-state index is 0.184. The zero-order valence-corrected chi connectivity index (χ0v) is 19.1. The standard InChI is InChI=1S/C21H26N4O3S2/c1-4-9-22-17-15(19(26)24-10-6-8-14(3)18(24)23-17)13-16-20(27)25(21(29)30-16)11-7-12-28-5-2/h6,8,10,13,22H,4-5,7,9,11-12H2,1-3H3/b16-13+. The molecule has 1 amide bonds. The summed E-state index contributed by atoms with van der Waals surface area (Å²) < 4.78 is 7.35. The normalized spacial score (nSPS) is 15.6. The van der Waals surface area contributed by atoms with E-state index in [0.29, 0.717) is 59.0 Å². The third-order valence-electron chi connectivity index (χ3n) is 4.65. The lowest BCUT2D eigenvalue weighted by Gasteiger charge is -2.14. The van der Waals surface area contributed by atoms with Crippen molar-refractivity contribution in [1.82, 2.24) is 14.3 Å². The molecule has 0 bridgehead atoms. The fourth-order valence-corrected chi connectivity index (χ4v) is 4.40. The molecule has 2 aromatic heterocycles. The molecule has 1 aliphatic rings. The first-order chi connectivity index (χ1) is 14.5. The van der Waals surface area contributed by atoms with Gasteiger partial charge < -0.3 is 10.1 Å². The lowest BCUT2D eigenvalue weighted by atomic mass is 10.2. The number of thioether (sulfide) groups is 1. The second-order valence-corrected chi connectivity index (χ2v) is 8.55. The number of hydrogen-bond donors (Lipinski definition) is 1. The van der Waals surface area contributed by atoms with Gasteiger partial charge in [-0.2, -0.15) is 0 Å². The molecule has 0 atom stereocenters. The Morgan fingerprint density at radius 2 is 2.13 bits per heavy atom. The highest BCUT2D eigenvalue weighted by Crippen LogP contribution is 2.33. The minimum Gasteiger partial charge on any atom is -0.382 e. The minimum atomic E-state index is -0.219. The Bertz CT molecular complexity index is 1050. The summed E-state index contributed by atoms with van der Waals surface area (Å²) in [5.74, 6) is 0.300. The molecule has 30 heavy (non-hydrogen) atoms. The Balaban J connectivity index is 1.98. The van der Waals surface area contributed by atoms with Crippen molar-refractivity contribution >= 4 is 51.7 Å². The molecule has 0 spiro atoms. The number of pyridine rings is 1. The smallest absolute Gasteiger partial charge is 0.267 e. The van der Waals surface area contributed by atoms with Crippen LogP contribution in [0.4, 0.5) is 5.82 Å². The lowest BCUT2D eigenvalue weighted by Crippen LogP contribution is -2.29. The number of carbonyl (C=O) groups is 1. The molecule has 3 rings (SSSR count). The van der Waals surface area contributed by atoms with Gasteiger partial charge in [0.25, 0.3) is 11.5 Å². The van der Waals surface area contributed by atoms with Crippen LogP contribution in [0.1, 0.15) is 37.8 Å². The molecule has 1 aliphatic heterocycles. The molecule has 9 heteroatoms. The second kappa shape index (κ2) is 10.2. The van der Waals surface area contributed by atoms with Gasteiger partial charge in [-0.15, -0.1) is 0 Å². The van der Waals surface area contributed by atoms with Gasteiger partial charge in [-0.3, -0.25) is 18.9 Å². The van der Waals surface area contributed by atoms with Crippen LogP contribution in [0, 0.1) is 6.92 Å². The summed E-state index contributed by atoms with van der Waals surface area (Å²) in [7, 11) is 0. The first-order valence-corrected chi connectivity index (χ1v) is 11.3. The van der Waals surface area contributed by atoms with E-state index < -0.39 is 0 Å². The van der Waals surface area contributed by atoms with Gasteiger partial charge in [0.1, 0.15) is 15.8 Å². The summed E-state index contributed by atoms with van der Waals surface area (Å²) in [4.78, 5) is 32.8. The van der Waals surface area contributed by atoms with E-state index in [1.165, 1.54) is 16.2 Å². The first kappa shape index (κ1) is 22.5. The molecule has 7 nitrogen and oxygen atoms in total. The summed E-state index contributed by atoms with van der Waals surface area (Å²) in [6.07, 6.45) is 4.90. The van der Waals surface area contributed by atoms with Gasteiger partial charge in [0.05, 0.1) is 10.5 Å². The molecule has 0 aliphatic carbocycles. The van der Waals surface area contributed by atoms with Crippen molar-refractivity contribution in [3.8, 4) is 0 Å². The zero-order valence-electron chi connectivity index (χ0n) is 17.4. The van der Waals surface area contributed by atoms with Crippen molar-refractivity contribution < 1.29 is 9.53 Å². The summed E-state index contributed by atoms with van der Waals surface area (Å²) in [5, 5.41) is 3.23. The van der Waals surface area contributed by atoms with Gasteiger partial charge in [0.15, 0.2) is 0 Å². The van der Waals surface area contributed by atoms with E-state index in [0.717, 1.165) is 12.0 Å². The predicted octanol–water partition coefficient (Wildman–Crippen LogP) is 3.45. The Morgan fingerprint density at radius 1 is 1.33 bits per heavy atom. The Labute approximate surface area is 185 Å². The summed E-state index contributed by atoms with van der Waals surface area (Å²) in [6, 6.07) is 3.73. The highest BCUT2D eigenvalue weighted by Gasteiger charge is 2.32. The number of anilines is 1. The van der Waals surface area contributed by atoms with Crippen LogP contribution >= 0.6 is 24.0 Å². The molecular formula is C21H26N4O3S2. The van der Waals surface area contributed by atoms with Gasteiger partial charge in [0.2, 0.25) is 0 Å². The van der Waals surface area contributed by atoms with E-state index in [4.69, 9.17) is 17.0 Å². The van der Waals surface area contributed by atoms with E-state index in [-0.39, 0.29) is 11.5 Å². The average Bonchev–Trinajstić information content (AvgIpc) is 2.99. The molecule has 0 aromatic carbocycles. The molecule has 0 saturated carbocycles. The maximum Gasteiger partial charge on any atom is 0.267 e. The molecule has 1 fully saturated rings. The van der Waals surface area contributed by atoms with E-state index >= 15 is 0 Å². The Morgan fingerprint density at radius 3 is 2.87 bits per heavy atom. The maximum atomic E-state index is 13.2. The number of nitrogens with one attached hydrogen (secondary N) is 1. The maximum absolute atomic E-state index is 13.2. The van der Waals surface area contributed by atoms with Crippen molar-refractivity contribution in [2.45, 2.75) is 33.6 Å². The van der Waals surface area contributed by atoms with Gasteiger partial charge >= 0.3 is 0 Å². The summed E-state index contributed by atoms with van der Waals surface area (Å²) in [6.45, 7) is 8.28. The Kier molecular flexibility index (Phi) is 7.63. The fraction of sp³-hybridized carbons (Fsp3) is 0.429. The summed E-state index contributed by atoms with van der Waals surface area (Å²) in [5.41, 5.74) is 1.65. The number of ether oxygens (including phenoxy) is 1. The van der Waals surface area contributed by atoms with Crippen LogP contribution in [0.5, 0.6) is 0 Å². The van der Waals surface area contributed by atoms with Gasteiger partial charge in [-0.1, -0.05) is 37.0 Å². The molecule has 3 heterocycles. The second-order valence-electron chi connectivity index (χ2n) is 6.87. The number of nitrogens with zero attached hydrogens (tertiary/aromatic N) is 3. The number of aryl methyl sites for hydroxylation is 1. The molecule has 2 aromatic rings. The number of hydrogen-bond acceptors (Lipinski definition) is 7. The zero-order chi connectivity index (χ0) is 21.7. The van der Waals surface area contributed by atoms with Gasteiger partial charge in [0, 0.05) is 32.5 Å².